The largest absolute Gasteiger partial charge is 0.496 e. The molecule has 2 aromatic carbocycles. The van der Waals surface area contributed by atoms with E-state index in [1.807, 2.05) is 13.8 Å². The summed E-state index contributed by atoms with van der Waals surface area (Å²) in [6, 6.07) is 10.5. The van der Waals surface area contributed by atoms with Crippen molar-refractivity contribution in [2.24, 2.45) is 22.7 Å². The van der Waals surface area contributed by atoms with Crippen LogP contribution in [0.3, 0.4) is 0 Å². The quantitative estimate of drug-likeness (QED) is 0.161. The van der Waals surface area contributed by atoms with Crippen LogP contribution < -0.4 is 18.9 Å². The van der Waals surface area contributed by atoms with Crippen molar-refractivity contribution in [2.45, 2.75) is 80.4 Å². The Kier molecular flexibility index (Phi) is 14.0. The van der Waals surface area contributed by atoms with Crippen molar-refractivity contribution >= 4 is 21.5 Å². The third-order valence-corrected chi connectivity index (χ3v) is 7.06. The summed E-state index contributed by atoms with van der Waals surface area (Å²) in [5.41, 5.74) is 0.420. The van der Waals surface area contributed by atoms with Gasteiger partial charge in [-0.1, -0.05) is 67.5 Å². The van der Waals surface area contributed by atoms with E-state index in [1.54, 1.807) is 36.4 Å². The van der Waals surface area contributed by atoms with Gasteiger partial charge in [-0.3, -0.25) is 9.59 Å². The van der Waals surface area contributed by atoms with Gasteiger partial charge in [0.05, 0.1) is 28.4 Å². The van der Waals surface area contributed by atoms with Gasteiger partial charge in [-0.05, 0) is 59.8 Å². The summed E-state index contributed by atoms with van der Waals surface area (Å²) in [5, 5.41) is 0. The van der Waals surface area contributed by atoms with Crippen LogP contribution in [0.15, 0.2) is 36.4 Å². The Morgan fingerprint density at radius 1 is 0.595 bits per heavy atom. The van der Waals surface area contributed by atoms with E-state index < -0.39 is 12.2 Å². The molecule has 5 atom stereocenters. The zero-order valence-electron chi connectivity index (χ0n) is 27.8. The van der Waals surface area contributed by atoms with E-state index in [-0.39, 0.29) is 44.1 Å². The monoisotopic (exact) mass is 604 g/mol. The molecule has 0 saturated carbocycles. The Balaban J connectivity index is 0.00000882. The first-order chi connectivity index (χ1) is 19.1. The van der Waals surface area contributed by atoms with Gasteiger partial charge >= 0.3 is 0 Å². The molecule has 0 heterocycles. The number of benzene rings is 2. The lowest BCUT2D eigenvalue weighted by atomic mass is 9.79. The molecule has 0 aromatic heterocycles. The minimum Gasteiger partial charge on any atom is -0.496 e. The maximum absolute atomic E-state index is 14.4. The van der Waals surface area contributed by atoms with Crippen LogP contribution in [0.25, 0.3) is 0 Å². The van der Waals surface area contributed by atoms with Crippen molar-refractivity contribution in [3.8, 4) is 23.0 Å². The third-order valence-electron chi connectivity index (χ3n) is 7.06. The van der Waals surface area contributed by atoms with E-state index in [9.17, 15) is 9.59 Å². The normalized spacial score (nSPS) is 14.6. The first kappa shape index (κ1) is 37.4. The molecule has 0 amide bonds. The van der Waals surface area contributed by atoms with E-state index in [0.717, 1.165) is 0 Å². The maximum Gasteiger partial charge on any atom is 0.199 e. The molecule has 0 radical (unpaired) electrons. The average molecular weight is 605 g/mol. The summed E-state index contributed by atoms with van der Waals surface area (Å²) >= 11 is 0. The standard InChI is InChI=1S/C34H50O7.H3P/c1-21(19-33(3,4)5)31(29(35)27-23(37-9)15-13-16-24(27)38-10)41-32(22(2)20-34(6,7)8)30(36)28-25(39-11)17-14-18-26(28)40-12;/h13-18,21-22,31-32H,19-20H2,1-12H3;1H3. The highest BCUT2D eigenvalue weighted by atomic mass is 31.0. The molecule has 42 heavy (non-hydrogen) atoms. The van der Waals surface area contributed by atoms with Crippen LogP contribution in [0.4, 0.5) is 0 Å². The number of carbonyl (C=O) groups excluding carboxylic acids is 2. The van der Waals surface area contributed by atoms with Crippen molar-refractivity contribution in [1.82, 2.24) is 0 Å². The van der Waals surface area contributed by atoms with E-state index >= 15 is 0 Å². The van der Waals surface area contributed by atoms with Crippen LogP contribution in [-0.4, -0.2) is 52.2 Å². The highest BCUT2D eigenvalue weighted by Crippen LogP contribution is 2.39. The Bertz CT molecular complexity index is 1040. The fraction of sp³-hybridized carbons (Fsp3) is 0.588. The van der Waals surface area contributed by atoms with Crippen LogP contribution in [0.1, 0.15) is 88.9 Å². The molecule has 2 aromatic rings. The molecule has 0 fully saturated rings. The van der Waals surface area contributed by atoms with Crippen molar-refractivity contribution in [3.63, 3.8) is 0 Å². The zero-order valence-corrected chi connectivity index (χ0v) is 29.2. The predicted octanol–water partition coefficient (Wildman–Crippen LogP) is 7.74. The van der Waals surface area contributed by atoms with Crippen molar-refractivity contribution in [2.75, 3.05) is 28.4 Å². The van der Waals surface area contributed by atoms with E-state index in [2.05, 4.69) is 41.5 Å². The fourth-order valence-corrected chi connectivity index (χ4v) is 5.69. The topological polar surface area (TPSA) is 80.3 Å². The third kappa shape index (κ3) is 9.70. The first-order valence-electron chi connectivity index (χ1n) is 14.2. The Hall–Kier alpha value is -2.63. The molecule has 7 nitrogen and oxygen atoms in total. The Morgan fingerprint density at radius 2 is 0.857 bits per heavy atom. The lowest BCUT2D eigenvalue weighted by molar-refractivity contribution is -0.0444. The number of ether oxygens (including phenoxy) is 5. The maximum atomic E-state index is 14.4. The summed E-state index contributed by atoms with van der Waals surface area (Å²) < 4.78 is 29.1. The van der Waals surface area contributed by atoms with Crippen molar-refractivity contribution in [1.29, 1.82) is 0 Å². The molecule has 0 aliphatic carbocycles. The van der Waals surface area contributed by atoms with Gasteiger partial charge in [0.2, 0.25) is 0 Å². The lowest BCUT2D eigenvalue weighted by Gasteiger charge is -2.35. The summed E-state index contributed by atoms with van der Waals surface area (Å²) in [6.45, 7) is 16.7. The van der Waals surface area contributed by atoms with Crippen LogP contribution in [-0.2, 0) is 4.74 Å². The number of rotatable bonds is 14. The van der Waals surface area contributed by atoms with Gasteiger partial charge in [0.25, 0.3) is 0 Å². The predicted molar refractivity (Wildman–Crippen MR) is 174 cm³/mol. The van der Waals surface area contributed by atoms with E-state index in [0.29, 0.717) is 47.0 Å². The second-order valence-corrected chi connectivity index (χ2v) is 13.3. The molecular weight excluding hydrogens is 551 g/mol. The molecular formula is C34H53O7P. The van der Waals surface area contributed by atoms with Crippen LogP contribution >= 0.6 is 9.90 Å². The summed E-state index contributed by atoms with van der Waals surface area (Å²) in [7, 11) is 6.08. The number of methoxy groups -OCH3 is 4. The van der Waals surface area contributed by atoms with Gasteiger partial charge in [-0.15, -0.1) is 0 Å². The highest BCUT2D eigenvalue weighted by Gasteiger charge is 2.40. The van der Waals surface area contributed by atoms with Gasteiger partial charge < -0.3 is 23.7 Å². The van der Waals surface area contributed by atoms with Crippen molar-refractivity contribution < 1.29 is 33.3 Å². The zero-order chi connectivity index (χ0) is 31.1. The highest BCUT2D eigenvalue weighted by molar-refractivity contribution is 6.92. The second kappa shape index (κ2) is 15.7. The molecule has 236 valence electrons. The molecule has 0 aliphatic heterocycles. The average Bonchev–Trinajstić information content (AvgIpc) is 2.89. The van der Waals surface area contributed by atoms with Gasteiger partial charge in [0.15, 0.2) is 11.6 Å². The molecule has 2 rings (SSSR count). The number of ketones is 2. The minimum absolute atomic E-state index is 0. The fourth-order valence-electron chi connectivity index (χ4n) is 5.69. The Labute approximate surface area is 256 Å². The molecule has 0 N–H and O–H groups in total. The van der Waals surface area contributed by atoms with Crippen LogP contribution in [0.2, 0.25) is 0 Å². The van der Waals surface area contributed by atoms with Gasteiger partial charge in [-0.25, -0.2) is 0 Å². The van der Waals surface area contributed by atoms with Crippen LogP contribution in [0, 0.1) is 22.7 Å². The molecule has 0 aliphatic rings. The van der Waals surface area contributed by atoms with Gasteiger partial charge in [0, 0.05) is 0 Å². The lowest BCUT2D eigenvalue weighted by Crippen LogP contribution is -2.43. The van der Waals surface area contributed by atoms with Crippen LogP contribution in [0.5, 0.6) is 23.0 Å². The molecule has 0 bridgehead atoms. The Morgan fingerprint density at radius 3 is 1.07 bits per heavy atom. The van der Waals surface area contributed by atoms with Gasteiger partial charge in [0.1, 0.15) is 46.3 Å². The summed E-state index contributed by atoms with van der Waals surface area (Å²) in [4.78, 5) is 28.9. The number of Topliss-reactive ketones (excluding diaryl/α,β-unsaturated/α-hetero) is 2. The second-order valence-electron chi connectivity index (χ2n) is 13.3. The molecule has 8 heteroatoms. The summed E-state index contributed by atoms with van der Waals surface area (Å²) in [6.07, 6.45) is -0.520. The molecule has 0 spiro atoms. The summed E-state index contributed by atoms with van der Waals surface area (Å²) in [5.74, 6) is 0.534. The molecule has 0 saturated heterocycles. The van der Waals surface area contributed by atoms with Gasteiger partial charge in [-0.2, -0.15) is 9.90 Å². The van der Waals surface area contributed by atoms with E-state index in [1.165, 1.54) is 28.4 Å². The minimum atomic E-state index is -0.948. The molecule has 5 unspecified atom stereocenters. The van der Waals surface area contributed by atoms with E-state index in [4.69, 9.17) is 23.7 Å². The van der Waals surface area contributed by atoms with Crippen molar-refractivity contribution in [3.05, 3.63) is 47.5 Å². The first-order valence-corrected chi connectivity index (χ1v) is 14.2. The SMILES string of the molecule is COc1cccc(OC)c1C(=O)C(OC(C(=O)c1c(OC)cccc1OC)C(C)CC(C)(C)C)C(C)CC(C)(C)C.P. The number of carbonyl (C=O) groups is 2. The smallest absolute Gasteiger partial charge is 0.199 e. The number of hydrogen-bond donors (Lipinski definition) is 0. The number of hydrogen-bond acceptors (Lipinski definition) is 7.